The van der Waals surface area contributed by atoms with E-state index in [1.165, 1.54) is 0 Å². The molecule has 1 atom stereocenters. The van der Waals surface area contributed by atoms with Crippen molar-refractivity contribution < 1.29 is 0 Å². The Balaban J connectivity index is 2.75. The molecule has 0 saturated carbocycles. The zero-order chi connectivity index (χ0) is 6.85. The van der Waals surface area contributed by atoms with E-state index in [1.807, 2.05) is 0 Å². The maximum Gasteiger partial charge on any atom is 0.142 e. The fourth-order valence-corrected chi connectivity index (χ4v) is 1.13. The van der Waals surface area contributed by atoms with Crippen molar-refractivity contribution in [2.75, 3.05) is 6.54 Å². The number of dihydropyridines is 1. The molecule has 1 aliphatic rings. The van der Waals surface area contributed by atoms with E-state index in [1.54, 1.807) is 6.08 Å². The lowest BCUT2D eigenvalue weighted by atomic mass is 10.3. The Hall–Kier alpha value is 0.280. The number of halogens is 3. The molecule has 0 aromatic carbocycles. The Labute approximate surface area is 68.3 Å². The average molecular weight is 184 g/mol. The topological polar surface area (TPSA) is 12.4 Å². The van der Waals surface area contributed by atoms with Gasteiger partial charge >= 0.3 is 0 Å². The van der Waals surface area contributed by atoms with Crippen LogP contribution < -0.4 is 0 Å². The predicted octanol–water partition coefficient (Wildman–Crippen LogP) is 2.37. The first-order chi connectivity index (χ1) is 4.20. The highest BCUT2D eigenvalue weighted by molar-refractivity contribution is 6.76. The lowest BCUT2D eigenvalue weighted by molar-refractivity contribution is 1.00. The van der Waals surface area contributed by atoms with Crippen LogP contribution in [0.3, 0.4) is 0 Å². The molecule has 4 heteroatoms. The van der Waals surface area contributed by atoms with Gasteiger partial charge in [0.25, 0.3) is 0 Å². The predicted molar refractivity (Wildman–Crippen MR) is 41.7 cm³/mol. The minimum Gasteiger partial charge on any atom is -0.270 e. The van der Waals surface area contributed by atoms with E-state index in [4.69, 9.17) is 34.8 Å². The standard InChI is InChI=1S/C5H4Cl3N/c6-3-1-4(7)5(8)9-2-3/h1,3H,2H2. The lowest BCUT2D eigenvalue weighted by Gasteiger charge is -2.07. The third-order valence-corrected chi connectivity index (χ3v) is 1.92. The summed E-state index contributed by atoms with van der Waals surface area (Å²) >= 11 is 16.7. The second-order valence-electron chi connectivity index (χ2n) is 1.66. The van der Waals surface area contributed by atoms with Crippen LogP contribution in [0.1, 0.15) is 0 Å². The smallest absolute Gasteiger partial charge is 0.142 e. The summed E-state index contributed by atoms with van der Waals surface area (Å²) in [7, 11) is 0. The van der Waals surface area contributed by atoms with Crippen LogP contribution in [-0.4, -0.2) is 17.1 Å². The van der Waals surface area contributed by atoms with Crippen LogP contribution in [0, 0.1) is 0 Å². The summed E-state index contributed by atoms with van der Waals surface area (Å²) in [4.78, 5) is 3.84. The van der Waals surface area contributed by atoms with E-state index < -0.39 is 0 Å². The van der Waals surface area contributed by atoms with Crippen molar-refractivity contribution in [1.82, 2.24) is 0 Å². The molecule has 0 aliphatic carbocycles. The van der Waals surface area contributed by atoms with Gasteiger partial charge in [0.15, 0.2) is 0 Å². The Morgan fingerprint density at radius 3 is 2.67 bits per heavy atom. The summed E-state index contributed by atoms with van der Waals surface area (Å²) in [6.45, 7) is 0.524. The van der Waals surface area contributed by atoms with Crippen molar-refractivity contribution in [3.05, 3.63) is 11.1 Å². The fraction of sp³-hybridized carbons (Fsp3) is 0.400. The summed E-state index contributed by atoms with van der Waals surface area (Å²) in [6.07, 6.45) is 1.68. The van der Waals surface area contributed by atoms with Crippen LogP contribution in [0.15, 0.2) is 16.1 Å². The normalized spacial score (nSPS) is 27.2. The van der Waals surface area contributed by atoms with E-state index in [2.05, 4.69) is 4.99 Å². The van der Waals surface area contributed by atoms with Crippen molar-refractivity contribution in [3.63, 3.8) is 0 Å². The van der Waals surface area contributed by atoms with Gasteiger partial charge in [-0.15, -0.1) is 11.6 Å². The SMILES string of the molecule is ClC1=CC(Cl)CN=C1Cl. The van der Waals surface area contributed by atoms with Gasteiger partial charge in [-0.25, -0.2) is 0 Å². The molecule has 50 valence electrons. The highest BCUT2D eigenvalue weighted by atomic mass is 35.5. The quantitative estimate of drug-likeness (QED) is 0.513. The molecular formula is C5H4Cl3N. The highest BCUT2D eigenvalue weighted by Gasteiger charge is 2.10. The number of hydrogen-bond acceptors (Lipinski definition) is 1. The molecule has 0 spiro atoms. The molecule has 0 aromatic heterocycles. The third kappa shape index (κ3) is 1.85. The van der Waals surface area contributed by atoms with Gasteiger partial charge in [0.05, 0.1) is 17.0 Å². The molecule has 0 amide bonds. The van der Waals surface area contributed by atoms with Crippen LogP contribution in [0.25, 0.3) is 0 Å². The largest absolute Gasteiger partial charge is 0.270 e. The van der Waals surface area contributed by atoms with E-state index >= 15 is 0 Å². The van der Waals surface area contributed by atoms with Crippen LogP contribution in [-0.2, 0) is 0 Å². The van der Waals surface area contributed by atoms with Gasteiger partial charge < -0.3 is 0 Å². The molecule has 9 heavy (non-hydrogen) atoms. The van der Waals surface area contributed by atoms with E-state index in [0.717, 1.165) is 0 Å². The van der Waals surface area contributed by atoms with Gasteiger partial charge in [-0.2, -0.15) is 0 Å². The first kappa shape index (κ1) is 7.39. The average Bonchev–Trinajstić information content (AvgIpc) is 1.80. The van der Waals surface area contributed by atoms with Crippen LogP contribution in [0.5, 0.6) is 0 Å². The molecule has 0 fully saturated rings. The highest BCUT2D eigenvalue weighted by Crippen LogP contribution is 2.17. The van der Waals surface area contributed by atoms with Crippen LogP contribution in [0.4, 0.5) is 0 Å². The Kier molecular flexibility index (Phi) is 2.39. The Bertz CT molecular complexity index is 173. The number of rotatable bonds is 0. The fourth-order valence-electron chi connectivity index (χ4n) is 0.523. The number of allylic oxidation sites excluding steroid dienone is 1. The molecule has 1 unspecified atom stereocenters. The molecule has 0 saturated heterocycles. The van der Waals surface area contributed by atoms with Gasteiger partial charge in [0.2, 0.25) is 0 Å². The second kappa shape index (κ2) is 2.91. The zero-order valence-electron chi connectivity index (χ0n) is 4.44. The maximum absolute atomic E-state index is 5.65. The van der Waals surface area contributed by atoms with Crippen LogP contribution in [0.2, 0.25) is 0 Å². The second-order valence-corrected chi connectivity index (χ2v) is 2.99. The van der Waals surface area contributed by atoms with Crippen molar-refractivity contribution >= 4 is 40.0 Å². The molecular weight excluding hydrogens is 180 g/mol. The van der Waals surface area contributed by atoms with Crippen molar-refractivity contribution in [2.24, 2.45) is 4.99 Å². The van der Waals surface area contributed by atoms with E-state index in [9.17, 15) is 0 Å². The van der Waals surface area contributed by atoms with Crippen molar-refractivity contribution in [2.45, 2.75) is 5.38 Å². The van der Waals surface area contributed by atoms with Gasteiger partial charge in [-0.1, -0.05) is 23.2 Å². The number of hydrogen-bond donors (Lipinski definition) is 0. The molecule has 1 aliphatic heterocycles. The third-order valence-electron chi connectivity index (χ3n) is 0.929. The number of nitrogens with zero attached hydrogens (tertiary/aromatic N) is 1. The molecule has 1 rings (SSSR count). The Morgan fingerprint density at radius 1 is 1.56 bits per heavy atom. The van der Waals surface area contributed by atoms with E-state index in [0.29, 0.717) is 16.7 Å². The zero-order valence-corrected chi connectivity index (χ0v) is 6.71. The Morgan fingerprint density at radius 2 is 2.22 bits per heavy atom. The number of aliphatic imine (C=N–C) groups is 1. The van der Waals surface area contributed by atoms with Gasteiger partial charge in [0, 0.05) is 0 Å². The summed E-state index contributed by atoms with van der Waals surface area (Å²) in [5.41, 5.74) is 0. The van der Waals surface area contributed by atoms with Gasteiger partial charge in [-0.05, 0) is 6.08 Å². The summed E-state index contributed by atoms with van der Waals surface area (Å²) in [5, 5.41) is 0.705. The molecule has 0 radical (unpaired) electrons. The molecule has 0 bridgehead atoms. The molecule has 0 N–H and O–H groups in total. The van der Waals surface area contributed by atoms with Crippen molar-refractivity contribution in [3.8, 4) is 0 Å². The number of alkyl halides is 1. The van der Waals surface area contributed by atoms with E-state index in [-0.39, 0.29) is 5.38 Å². The first-order valence-electron chi connectivity index (χ1n) is 2.42. The maximum atomic E-state index is 5.65. The summed E-state index contributed by atoms with van der Waals surface area (Å²) < 4.78 is 0. The van der Waals surface area contributed by atoms with Gasteiger partial charge in [-0.3, -0.25) is 4.99 Å². The minimum atomic E-state index is -0.0972. The van der Waals surface area contributed by atoms with Gasteiger partial charge in [0.1, 0.15) is 5.17 Å². The van der Waals surface area contributed by atoms with Crippen molar-refractivity contribution in [1.29, 1.82) is 0 Å². The summed E-state index contributed by atoms with van der Waals surface area (Å²) in [6, 6.07) is 0. The summed E-state index contributed by atoms with van der Waals surface area (Å²) in [5.74, 6) is 0. The lowest BCUT2D eigenvalue weighted by Crippen LogP contribution is -2.08. The monoisotopic (exact) mass is 183 g/mol. The minimum absolute atomic E-state index is 0.0972. The van der Waals surface area contributed by atoms with Crippen LogP contribution >= 0.6 is 34.8 Å². The molecule has 1 heterocycles. The molecule has 0 aromatic rings. The molecule has 1 nitrogen and oxygen atoms in total. The first-order valence-corrected chi connectivity index (χ1v) is 3.61.